The summed E-state index contributed by atoms with van der Waals surface area (Å²) in [4.78, 5) is 14.2. The van der Waals surface area contributed by atoms with Gasteiger partial charge < -0.3 is 9.47 Å². The molecule has 0 unspecified atom stereocenters. The monoisotopic (exact) mass is 349 g/mol. The van der Waals surface area contributed by atoms with Crippen LogP contribution in [0.1, 0.15) is 12.0 Å². The van der Waals surface area contributed by atoms with Gasteiger partial charge in [0.25, 0.3) is 0 Å². The lowest BCUT2D eigenvalue weighted by molar-refractivity contribution is -0.132. The van der Waals surface area contributed by atoms with Crippen LogP contribution >= 0.6 is 0 Å². The van der Waals surface area contributed by atoms with Gasteiger partial charge in [-0.05, 0) is 18.1 Å². The van der Waals surface area contributed by atoms with Crippen molar-refractivity contribution in [1.82, 2.24) is 13.8 Å². The van der Waals surface area contributed by atoms with Crippen molar-refractivity contribution in [1.29, 1.82) is 0 Å². The number of piperazine rings is 1. The predicted molar refractivity (Wildman–Crippen MR) is 94.2 cm³/mol. The fraction of sp³-hybridized carbons (Fsp3) is 0.471. The molecule has 24 heavy (non-hydrogen) atoms. The molecule has 0 aliphatic carbocycles. The highest BCUT2D eigenvalue weighted by molar-refractivity contribution is 7.88. The standard InChI is InChI=1S/C17H23N3O3S/c1-18-13-14(15-5-3-4-6-16(15)18)7-8-17(21)19-9-11-20(12-10-19)24(2,22)23/h3-6,13H,7-12H2,1-2H3. The highest BCUT2D eigenvalue weighted by atomic mass is 32.2. The molecule has 0 N–H and O–H groups in total. The van der Waals surface area contributed by atoms with Crippen LogP contribution in [0, 0.1) is 0 Å². The molecule has 0 bridgehead atoms. The summed E-state index contributed by atoms with van der Waals surface area (Å²) >= 11 is 0. The number of sulfonamides is 1. The van der Waals surface area contributed by atoms with Gasteiger partial charge in [-0.25, -0.2) is 8.42 Å². The molecule has 1 saturated heterocycles. The quantitative estimate of drug-likeness (QED) is 0.834. The number of rotatable bonds is 4. The van der Waals surface area contributed by atoms with Crippen LogP contribution in [-0.2, 0) is 28.3 Å². The molecule has 6 nitrogen and oxygen atoms in total. The number of benzene rings is 1. The Morgan fingerprint density at radius 2 is 1.79 bits per heavy atom. The molecule has 1 aromatic heterocycles. The first-order valence-corrected chi connectivity index (χ1v) is 9.97. The summed E-state index contributed by atoms with van der Waals surface area (Å²) in [6, 6.07) is 8.18. The first kappa shape index (κ1) is 17.0. The van der Waals surface area contributed by atoms with Crippen LogP contribution in [0.5, 0.6) is 0 Å². The SMILES string of the molecule is Cn1cc(CCC(=O)N2CCN(S(C)(=O)=O)CC2)c2ccccc21. The van der Waals surface area contributed by atoms with E-state index in [1.807, 2.05) is 19.2 Å². The fourth-order valence-corrected chi connectivity index (χ4v) is 4.12. The molecule has 2 heterocycles. The summed E-state index contributed by atoms with van der Waals surface area (Å²) in [5.41, 5.74) is 2.35. The third kappa shape index (κ3) is 3.47. The number of para-hydroxylation sites is 1. The molecule has 0 atom stereocenters. The van der Waals surface area contributed by atoms with Gasteiger partial charge in [0.1, 0.15) is 0 Å². The number of aryl methyl sites for hydroxylation is 2. The van der Waals surface area contributed by atoms with Gasteiger partial charge in [0.2, 0.25) is 15.9 Å². The van der Waals surface area contributed by atoms with E-state index in [1.165, 1.54) is 27.0 Å². The van der Waals surface area contributed by atoms with Crippen molar-refractivity contribution in [2.24, 2.45) is 7.05 Å². The maximum Gasteiger partial charge on any atom is 0.222 e. The second kappa shape index (κ2) is 6.57. The summed E-state index contributed by atoms with van der Waals surface area (Å²) in [6.07, 6.45) is 4.45. The van der Waals surface area contributed by atoms with Gasteiger partial charge in [0.15, 0.2) is 0 Å². The lowest BCUT2D eigenvalue weighted by Crippen LogP contribution is -2.50. The maximum absolute atomic E-state index is 12.4. The summed E-state index contributed by atoms with van der Waals surface area (Å²) in [5.74, 6) is 0.0936. The fourth-order valence-electron chi connectivity index (χ4n) is 3.29. The Balaban J connectivity index is 1.60. The van der Waals surface area contributed by atoms with Gasteiger partial charge in [-0.2, -0.15) is 4.31 Å². The summed E-state index contributed by atoms with van der Waals surface area (Å²) in [7, 11) is -1.15. The highest BCUT2D eigenvalue weighted by Gasteiger charge is 2.25. The number of amides is 1. The average molecular weight is 349 g/mol. The van der Waals surface area contributed by atoms with Gasteiger partial charge in [0, 0.05) is 56.7 Å². The Morgan fingerprint density at radius 3 is 2.46 bits per heavy atom. The smallest absolute Gasteiger partial charge is 0.222 e. The van der Waals surface area contributed by atoms with E-state index in [4.69, 9.17) is 0 Å². The summed E-state index contributed by atoms with van der Waals surface area (Å²) in [5, 5.41) is 1.19. The van der Waals surface area contributed by atoms with Gasteiger partial charge in [-0.1, -0.05) is 18.2 Å². The molecular formula is C17H23N3O3S. The molecular weight excluding hydrogens is 326 g/mol. The summed E-state index contributed by atoms with van der Waals surface area (Å²) in [6.45, 7) is 1.72. The maximum atomic E-state index is 12.4. The molecule has 2 aromatic rings. The minimum Gasteiger partial charge on any atom is -0.350 e. The first-order valence-electron chi connectivity index (χ1n) is 8.12. The number of nitrogens with zero attached hydrogens (tertiary/aromatic N) is 3. The second-order valence-electron chi connectivity index (χ2n) is 6.33. The average Bonchev–Trinajstić information content (AvgIpc) is 2.89. The van der Waals surface area contributed by atoms with Crippen LogP contribution in [0.2, 0.25) is 0 Å². The highest BCUT2D eigenvalue weighted by Crippen LogP contribution is 2.21. The van der Waals surface area contributed by atoms with E-state index in [0.717, 1.165) is 0 Å². The van der Waals surface area contributed by atoms with Crippen LogP contribution < -0.4 is 0 Å². The second-order valence-corrected chi connectivity index (χ2v) is 8.31. The molecule has 7 heteroatoms. The minimum atomic E-state index is -3.16. The normalized spacial score (nSPS) is 16.7. The number of aromatic nitrogens is 1. The van der Waals surface area contributed by atoms with E-state index in [9.17, 15) is 13.2 Å². The van der Waals surface area contributed by atoms with Crippen molar-refractivity contribution in [3.8, 4) is 0 Å². The van der Waals surface area contributed by atoms with E-state index in [-0.39, 0.29) is 5.91 Å². The van der Waals surface area contributed by atoms with E-state index in [0.29, 0.717) is 39.0 Å². The van der Waals surface area contributed by atoms with Gasteiger partial charge in [0.05, 0.1) is 6.26 Å². The first-order chi connectivity index (χ1) is 11.4. The number of carbonyl (C=O) groups is 1. The van der Waals surface area contributed by atoms with Gasteiger partial charge in [-0.3, -0.25) is 4.79 Å². The zero-order chi connectivity index (χ0) is 17.3. The van der Waals surface area contributed by atoms with Crippen molar-refractivity contribution in [3.05, 3.63) is 36.0 Å². The van der Waals surface area contributed by atoms with Crippen LogP contribution in [0.15, 0.2) is 30.5 Å². The van der Waals surface area contributed by atoms with Gasteiger partial charge in [-0.15, -0.1) is 0 Å². The Kier molecular flexibility index (Phi) is 4.64. The Labute approximate surface area is 142 Å². The molecule has 1 aliphatic rings. The zero-order valence-electron chi connectivity index (χ0n) is 14.1. The molecule has 0 radical (unpaired) electrons. The van der Waals surface area contributed by atoms with Crippen molar-refractivity contribution in [2.45, 2.75) is 12.8 Å². The van der Waals surface area contributed by atoms with Crippen LogP contribution in [0.25, 0.3) is 10.9 Å². The molecule has 3 rings (SSSR count). The Bertz CT molecular complexity index is 849. The third-order valence-electron chi connectivity index (χ3n) is 4.65. The minimum absolute atomic E-state index is 0.0936. The number of carbonyl (C=O) groups excluding carboxylic acids is 1. The van der Waals surface area contributed by atoms with Crippen molar-refractivity contribution < 1.29 is 13.2 Å². The lowest BCUT2D eigenvalue weighted by atomic mass is 10.1. The molecule has 1 aliphatic heterocycles. The number of fused-ring (bicyclic) bond motifs is 1. The molecule has 0 spiro atoms. The van der Waals surface area contributed by atoms with E-state index < -0.39 is 10.0 Å². The molecule has 1 fully saturated rings. The Hall–Kier alpha value is -1.86. The van der Waals surface area contributed by atoms with Crippen LogP contribution in [0.3, 0.4) is 0 Å². The van der Waals surface area contributed by atoms with Crippen LogP contribution in [-0.4, -0.2) is 60.5 Å². The zero-order valence-corrected chi connectivity index (χ0v) is 14.9. The predicted octanol–water partition coefficient (Wildman–Crippen LogP) is 1.21. The van der Waals surface area contributed by atoms with Crippen molar-refractivity contribution >= 4 is 26.8 Å². The van der Waals surface area contributed by atoms with E-state index in [2.05, 4.69) is 22.9 Å². The van der Waals surface area contributed by atoms with E-state index in [1.54, 1.807) is 4.90 Å². The third-order valence-corrected chi connectivity index (χ3v) is 5.95. The number of hydrogen-bond donors (Lipinski definition) is 0. The van der Waals surface area contributed by atoms with Crippen molar-refractivity contribution in [2.75, 3.05) is 32.4 Å². The van der Waals surface area contributed by atoms with Crippen molar-refractivity contribution in [3.63, 3.8) is 0 Å². The molecule has 1 amide bonds. The molecule has 0 saturated carbocycles. The van der Waals surface area contributed by atoms with Gasteiger partial charge >= 0.3 is 0 Å². The topological polar surface area (TPSA) is 62.6 Å². The summed E-state index contributed by atoms with van der Waals surface area (Å²) < 4.78 is 26.6. The Morgan fingerprint density at radius 1 is 1.12 bits per heavy atom. The molecule has 1 aromatic carbocycles. The largest absolute Gasteiger partial charge is 0.350 e. The molecule has 130 valence electrons. The lowest BCUT2D eigenvalue weighted by Gasteiger charge is -2.33. The number of hydrogen-bond acceptors (Lipinski definition) is 3. The van der Waals surface area contributed by atoms with Crippen LogP contribution in [0.4, 0.5) is 0 Å². The van der Waals surface area contributed by atoms with E-state index >= 15 is 0 Å².